The van der Waals surface area contributed by atoms with E-state index in [0.717, 1.165) is 27.1 Å². The fourth-order valence-electron chi connectivity index (χ4n) is 3.92. The van der Waals surface area contributed by atoms with Crippen molar-refractivity contribution in [2.45, 2.75) is 18.4 Å². The van der Waals surface area contributed by atoms with Gasteiger partial charge in [0, 0.05) is 36.0 Å². The molecule has 1 heterocycles. The number of hydrogen-bond acceptors (Lipinski definition) is 6. The summed E-state index contributed by atoms with van der Waals surface area (Å²) in [6.45, 7) is 0.263. The van der Waals surface area contributed by atoms with E-state index in [1.165, 1.54) is 23.5 Å². The first-order chi connectivity index (χ1) is 16.5. The van der Waals surface area contributed by atoms with Crippen LogP contribution in [0.4, 0.5) is 4.79 Å². The van der Waals surface area contributed by atoms with Gasteiger partial charge < -0.3 is 20.5 Å². The average Bonchev–Trinajstić information content (AvgIpc) is 3.46. The number of carboxylic acid groups (broad SMARTS) is 1. The van der Waals surface area contributed by atoms with Crippen LogP contribution in [0, 0.1) is 0 Å². The number of rotatable bonds is 9. The van der Waals surface area contributed by atoms with Crippen LogP contribution in [0.5, 0.6) is 0 Å². The van der Waals surface area contributed by atoms with Gasteiger partial charge in [-0.1, -0.05) is 54.6 Å². The number of benzene rings is 2. The molecule has 0 saturated carbocycles. The van der Waals surface area contributed by atoms with Crippen molar-refractivity contribution >= 4 is 29.3 Å². The van der Waals surface area contributed by atoms with Crippen molar-refractivity contribution in [3.63, 3.8) is 0 Å². The Kier molecular flexibility index (Phi) is 7.34. The van der Waals surface area contributed by atoms with Gasteiger partial charge in [-0.25, -0.2) is 9.59 Å². The number of fused-ring (bicyclic) bond motifs is 3. The van der Waals surface area contributed by atoms with Gasteiger partial charge >= 0.3 is 12.1 Å². The molecule has 8 nitrogen and oxygen atoms in total. The Morgan fingerprint density at radius 3 is 2.38 bits per heavy atom. The minimum Gasteiger partial charge on any atom is -0.480 e. The Labute approximate surface area is 200 Å². The third kappa shape index (κ3) is 5.49. The first-order valence-electron chi connectivity index (χ1n) is 10.7. The molecule has 2 aromatic carbocycles. The van der Waals surface area contributed by atoms with Gasteiger partial charge in [-0.05, 0) is 22.3 Å². The normalized spacial score (nSPS) is 13.2. The van der Waals surface area contributed by atoms with Crippen molar-refractivity contribution in [2.75, 3.05) is 13.2 Å². The highest BCUT2D eigenvalue weighted by atomic mass is 32.1. The number of carboxylic acids is 1. The zero-order chi connectivity index (χ0) is 23.9. The summed E-state index contributed by atoms with van der Waals surface area (Å²) in [6.07, 6.45) is 3.74. The second kappa shape index (κ2) is 10.8. The Bertz CT molecular complexity index is 1160. The lowest BCUT2D eigenvalue weighted by Gasteiger charge is -2.14. The molecule has 0 radical (unpaired) electrons. The minimum atomic E-state index is -1.13. The number of carbonyl (C=O) groups excluding carboxylic acids is 2. The lowest BCUT2D eigenvalue weighted by molar-refractivity contribution is -0.141. The number of hydrogen-bond donors (Lipinski definition) is 3. The molecule has 3 aromatic rings. The molecule has 0 bridgehead atoms. The van der Waals surface area contributed by atoms with Crippen molar-refractivity contribution < 1.29 is 24.2 Å². The van der Waals surface area contributed by atoms with Crippen LogP contribution < -0.4 is 10.6 Å². The third-order valence-corrected chi connectivity index (χ3v) is 6.28. The number of aliphatic carboxylic acids is 1. The second-order valence-corrected chi connectivity index (χ2v) is 8.65. The summed E-state index contributed by atoms with van der Waals surface area (Å²) in [4.78, 5) is 40.3. The molecule has 1 aromatic heterocycles. The van der Waals surface area contributed by atoms with Gasteiger partial charge in [-0.3, -0.25) is 9.78 Å². The molecular formula is C25H23N3O5S. The maximum absolute atomic E-state index is 12.2. The van der Waals surface area contributed by atoms with Crippen molar-refractivity contribution in [1.82, 2.24) is 15.6 Å². The number of ether oxygens (including phenoxy) is 1. The Balaban J connectivity index is 1.24. The molecular weight excluding hydrogens is 454 g/mol. The molecule has 0 saturated heterocycles. The van der Waals surface area contributed by atoms with Gasteiger partial charge in [0.1, 0.15) is 12.6 Å². The number of nitrogens with zero attached hydrogens (tertiary/aromatic N) is 1. The monoisotopic (exact) mass is 477 g/mol. The Morgan fingerprint density at radius 1 is 1.09 bits per heavy atom. The molecule has 34 heavy (non-hydrogen) atoms. The van der Waals surface area contributed by atoms with Gasteiger partial charge in [0.05, 0.1) is 5.51 Å². The molecule has 1 atom stereocenters. The van der Waals surface area contributed by atoms with Gasteiger partial charge in [-0.2, -0.15) is 0 Å². The SMILES string of the molecule is O=C(/C=C/CNC(=O)OCC1c2ccccc2-c2ccccc21)NC(Cc1cncs1)C(=O)O. The lowest BCUT2D eigenvalue weighted by atomic mass is 9.98. The summed E-state index contributed by atoms with van der Waals surface area (Å²) in [7, 11) is 0. The molecule has 1 aliphatic rings. The molecule has 174 valence electrons. The summed E-state index contributed by atoms with van der Waals surface area (Å²) in [6, 6.07) is 15.1. The van der Waals surface area contributed by atoms with Crippen LogP contribution in [0.3, 0.4) is 0 Å². The van der Waals surface area contributed by atoms with E-state index < -0.39 is 24.0 Å². The number of alkyl carbamates (subject to hydrolysis) is 1. The molecule has 3 N–H and O–H groups in total. The molecule has 0 aliphatic heterocycles. The van der Waals surface area contributed by atoms with Crippen LogP contribution >= 0.6 is 11.3 Å². The highest BCUT2D eigenvalue weighted by Gasteiger charge is 2.29. The van der Waals surface area contributed by atoms with Crippen molar-refractivity contribution in [1.29, 1.82) is 0 Å². The van der Waals surface area contributed by atoms with E-state index >= 15 is 0 Å². The van der Waals surface area contributed by atoms with Crippen LogP contribution in [0.1, 0.15) is 21.9 Å². The summed E-state index contributed by atoms with van der Waals surface area (Å²) in [5.41, 5.74) is 6.15. The number of amides is 2. The zero-order valence-electron chi connectivity index (χ0n) is 18.1. The van der Waals surface area contributed by atoms with E-state index in [-0.39, 0.29) is 25.5 Å². The van der Waals surface area contributed by atoms with Crippen molar-refractivity contribution in [3.05, 3.63) is 88.4 Å². The van der Waals surface area contributed by atoms with E-state index in [1.54, 1.807) is 11.7 Å². The molecule has 0 fully saturated rings. The van der Waals surface area contributed by atoms with Crippen LogP contribution in [-0.4, -0.2) is 47.3 Å². The highest BCUT2D eigenvalue weighted by Crippen LogP contribution is 2.44. The topological polar surface area (TPSA) is 118 Å². The summed E-state index contributed by atoms with van der Waals surface area (Å²) >= 11 is 1.32. The second-order valence-electron chi connectivity index (χ2n) is 7.68. The summed E-state index contributed by atoms with van der Waals surface area (Å²) < 4.78 is 5.43. The number of thiazole rings is 1. The standard InChI is InChI=1S/C25H23N3O5S/c29-23(28-22(24(30)31)12-16-13-26-15-34-16)10-5-11-27-25(32)33-14-21-19-8-3-1-6-17(19)18-7-2-4-9-20(18)21/h1-10,13,15,21-22H,11-12,14H2,(H,27,32)(H,28,29)(H,30,31)/b10-5+. The predicted molar refractivity (Wildman–Crippen MR) is 128 cm³/mol. The average molecular weight is 478 g/mol. The fraction of sp³-hybridized carbons (Fsp3) is 0.200. The zero-order valence-corrected chi connectivity index (χ0v) is 19.0. The quantitative estimate of drug-likeness (QED) is 0.407. The van der Waals surface area contributed by atoms with Gasteiger partial charge in [-0.15, -0.1) is 11.3 Å². The van der Waals surface area contributed by atoms with Crippen molar-refractivity contribution in [2.24, 2.45) is 0 Å². The van der Waals surface area contributed by atoms with Gasteiger partial charge in [0.2, 0.25) is 5.91 Å². The van der Waals surface area contributed by atoms with Crippen molar-refractivity contribution in [3.8, 4) is 11.1 Å². The van der Waals surface area contributed by atoms with E-state index in [9.17, 15) is 19.5 Å². The first-order valence-corrected chi connectivity index (χ1v) is 11.6. The maximum atomic E-state index is 12.2. The van der Waals surface area contributed by atoms with Gasteiger partial charge in [0.25, 0.3) is 0 Å². The van der Waals surface area contributed by atoms with Crippen LogP contribution in [0.25, 0.3) is 11.1 Å². The lowest BCUT2D eigenvalue weighted by Crippen LogP contribution is -2.41. The fourth-order valence-corrected chi connectivity index (χ4v) is 4.56. The largest absolute Gasteiger partial charge is 0.480 e. The van der Waals surface area contributed by atoms with E-state index in [4.69, 9.17) is 4.74 Å². The Hall–Kier alpha value is -3.98. The third-order valence-electron chi connectivity index (χ3n) is 5.48. The first kappa shape index (κ1) is 23.2. The Morgan fingerprint density at radius 2 is 1.76 bits per heavy atom. The predicted octanol–water partition coefficient (Wildman–Crippen LogP) is 3.35. The summed E-state index contributed by atoms with van der Waals surface area (Å²) in [5, 5.41) is 14.3. The number of nitrogens with one attached hydrogen (secondary N) is 2. The molecule has 0 spiro atoms. The molecule has 2 amide bonds. The summed E-state index contributed by atoms with van der Waals surface area (Å²) in [5.74, 6) is -1.73. The minimum absolute atomic E-state index is 0.0361. The highest BCUT2D eigenvalue weighted by molar-refractivity contribution is 7.09. The van der Waals surface area contributed by atoms with Crippen LogP contribution in [-0.2, 0) is 20.7 Å². The molecule has 9 heteroatoms. The van der Waals surface area contributed by atoms with Gasteiger partial charge in [0.15, 0.2) is 0 Å². The van der Waals surface area contributed by atoms with E-state index in [1.807, 2.05) is 36.4 Å². The van der Waals surface area contributed by atoms with E-state index in [2.05, 4.69) is 27.8 Å². The molecule has 4 rings (SSSR count). The smallest absolute Gasteiger partial charge is 0.407 e. The number of carbonyl (C=O) groups is 3. The van der Waals surface area contributed by atoms with E-state index in [0.29, 0.717) is 0 Å². The maximum Gasteiger partial charge on any atom is 0.407 e. The van der Waals surface area contributed by atoms with Crippen LogP contribution in [0.2, 0.25) is 0 Å². The molecule has 1 aliphatic carbocycles. The van der Waals surface area contributed by atoms with Crippen LogP contribution in [0.15, 0.2) is 72.4 Å². The number of aromatic nitrogens is 1. The molecule has 1 unspecified atom stereocenters.